The fourth-order valence-electron chi connectivity index (χ4n) is 0.310. The van der Waals surface area contributed by atoms with Crippen LogP contribution in [0.25, 0.3) is 0 Å². The molecule has 0 unspecified atom stereocenters. The van der Waals surface area contributed by atoms with Gasteiger partial charge in [0, 0.05) is 25.4 Å². The number of carbonyl (C=O) groups excluding carboxylic acids is 4. The second kappa shape index (κ2) is 14.6. The van der Waals surface area contributed by atoms with Crippen molar-refractivity contribution in [2.24, 2.45) is 0 Å². The van der Waals surface area contributed by atoms with Gasteiger partial charge in [0.25, 0.3) is 0 Å². The van der Waals surface area contributed by atoms with Crippen molar-refractivity contribution in [3.05, 3.63) is 0 Å². The van der Waals surface area contributed by atoms with E-state index in [1.807, 2.05) is 0 Å². The Bertz CT molecular complexity index is 255. The van der Waals surface area contributed by atoms with E-state index in [1.165, 1.54) is 13.8 Å². The zero-order chi connectivity index (χ0) is 13.1. The third-order valence-corrected chi connectivity index (χ3v) is 2.63. The molecule has 0 aliphatic carbocycles. The molecule has 0 rings (SSSR count). The van der Waals surface area contributed by atoms with Gasteiger partial charge in [-0.2, -0.15) is 0 Å². The van der Waals surface area contributed by atoms with E-state index < -0.39 is 23.1 Å². The first kappa shape index (κ1) is 22.7. The van der Waals surface area contributed by atoms with Crippen LogP contribution in [0.3, 0.4) is 0 Å². The van der Waals surface area contributed by atoms with Crippen LogP contribution in [0.5, 0.6) is 0 Å². The van der Waals surface area contributed by atoms with Gasteiger partial charge in [-0.15, -0.1) is 0 Å². The van der Waals surface area contributed by atoms with E-state index in [4.69, 9.17) is 0 Å². The average Bonchev–Trinajstić information content (AvgIpc) is 2.19. The summed E-state index contributed by atoms with van der Waals surface area (Å²) in [6.45, 7) is 2.49. The molecule has 0 saturated carbocycles. The van der Waals surface area contributed by atoms with Gasteiger partial charge in [-0.1, -0.05) is 0 Å². The van der Waals surface area contributed by atoms with Crippen LogP contribution < -0.4 is 0 Å². The van der Waals surface area contributed by atoms with Gasteiger partial charge in [0.2, 0.25) is 11.6 Å². The molecule has 4 nitrogen and oxygen atoms in total. The molecule has 100 valence electrons. The standard InChI is InChI=1S/2C4H6O2S2.Ni/c2*1-3(5)4(6)2-8-7;/h2*7H,2H2,1H3;/q;;+2/p-2. The molecule has 0 radical (unpaired) electrons. The first-order valence-electron chi connectivity index (χ1n) is 3.93. The normalized spacial score (nSPS) is 8.24. The quantitative estimate of drug-likeness (QED) is 0.298. The molecule has 0 spiro atoms. The predicted molar refractivity (Wildman–Crippen MR) is 71.0 cm³/mol. The third kappa shape index (κ3) is 16.6. The first-order chi connectivity index (χ1) is 7.36. The maximum absolute atomic E-state index is 10.3. The monoisotopic (exact) mass is 356 g/mol. The summed E-state index contributed by atoms with van der Waals surface area (Å²) in [4.78, 5) is 40.9. The molecular formula is C8H10NiO4S4. The van der Waals surface area contributed by atoms with E-state index in [9.17, 15) is 19.2 Å². The summed E-state index contributed by atoms with van der Waals surface area (Å²) in [5, 5.41) is 0. The van der Waals surface area contributed by atoms with Crippen molar-refractivity contribution in [1.29, 1.82) is 0 Å². The number of hydrogen-bond donors (Lipinski definition) is 0. The van der Waals surface area contributed by atoms with Crippen molar-refractivity contribution in [2.75, 3.05) is 11.5 Å². The van der Waals surface area contributed by atoms with Crippen LogP contribution in [0, 0.1) is 0 Å². The van der Waals surface area contributed by atoms with E-state index >= 15 is 0 Å². The Morgan fingerprint density at radius 1 is 0.824 bits per heavy atom. The van der Waals surface area contributed by atoms with E-state index in [0.29, 0.717) is 0 Å². The van der Waals surface area contributed by atoms with Gasteiger partial charge >= 0.3 is 16.5 Å². The molecule has 0 atom stereocenters. The summed E-state index contributed by atoms with van der Waals surface area (Å²) in [7, 11) is 1.90. The molecule has 0 aromatic rings. The van der Waals surface area contributed by atoms with Crippen LogP contribution in [-0.4, -0.2) is 34.6 Å². The Morgan fingerprint density at radius 3 is 1.12 bits per heavy atom. The van der Waals surface area contributed by atoms with Crippen LogP contribution in [0.1, 0.15) is 13.8 Å². The molecule has 0 N–H and O–H groups in total. The molecule has 0 saturated heterocycles. The molecule has 0 aromatic carbocycles. The Balaban J connectivity index is -0.000000218. The number of carbonyl (C=O) groups is 4. The van der Waals surface area contributed by atoms with Crippen molar-refractivity contribution < 1.29 is 35.7 Å². The van der Waals surface area contributed by atoms with Gasteiger partial charge in [0.15, 0.2) is 11.6 Å². The number of ketones is 4. The maximum Gasteiger partial charge on any atom is 2.00 e. The van der Waals surface area contributed by atoms with Crippen LogP contribution in [-0.2, 0) is 59.0 Å². The SMILES string of the molecule is CC(=O)C(=O)CS[S-].CC(=O)C(=O)CS[S-].[Ni+2]. The zero-order valence-electron chi connectivity index (χ0n) is 9.00. The van der Waals surface area contributed by atoms with E-state index in [2.05, 4.69) is 23.3 Å². The summed E-state index contributed by atoms with van der Waals surface area (Å²) >= 11 is 8.78. The van der Waals surface area contributed by atoms with Gasteiger partial charge in [-0.3, -0.25) is 19.2 Å². The van der Waals surface area contributed by atoms with Crippen molar-refractivity contribution in [1.82, 2.24) is 0 Å². The Labute approximate surface area is 128 Å². The fourth-order valence-corrected chi connectivity index (χ4v) is 1.57. The molecule has 0 fully saturated rings. The van der Waals surface area contributed by atoms with Crippen molar-refractivity contribution in [2.45, 2.75) is 13.8 Å². The molecule has 0 aliphatic heterocycles. The topological polar surface area (TPSA) is 68.3 Å². The summed E-state index contributed by atoms with van der Waals surface area (Å²) in [5.74, 6) is -1.37. The number of rotatable bonds is 6. The van der Waals surface area contributed by atoms with Gasteiger partial charge in [0.05, 0.1) is 0 Å². The Kier molecular flexibility index (Phi) is 19.6. The predicted octanol–water partition coefficient (Wildman–Crippen LogP) is 0.677. The van der Waals surface area contributed by atoms with Crippen molar-refractivity contribution in [3.63, 3.8) is 0 Å². The van der Waals surface area contributed by atoms with E-state index in [1.54, 1.807) is 0 Å². The zero-order valence-corrected chi connectivity index (χ0v) is 13.3. The summed E-state index contributed by atoms with van der Waals surface area (Å²) in [6.07, 6.45) is 0. The van der Waals surface area contributed by atoms with Crippen molar-refractivity contribution in [3.8, 4) is 0 Å². The van der Waals surface area contributed by atoms with Crippen LogP contribution >= 0.6 is 21.6 Å². The van der Waals surface area contributed by atoms with Crippen LogP contribution in [0.4, 0.5) is 0 Å². The van der Waals surface area contributed by atoms with Gasteiger partial charge < -0.3 is 44.9 Å². The second-order valence-electron chi connectivity index (χ2n) is 2.48. The maximum atomic E-state index is 10.3. The summed E-state index contributed by atoms with van der Waals surface area (Å²) in [6, 6.07) is 0. The van der Waals surface area contributed by atoms with Crippen LogP contribution in [0.2, 0.25) is 0 Å². The molecular weight excluding hydrogens is 347 g/mol. The number of hydrogen-bond acceptors (Lipinski definition) is 8. The molecule has 0 bridgehead atoms. The molecule has 0 aromatic heterocycles. The van der Waals surface area contributed by atoms with Gasteiger partial charge in [-0.05, 0) is 0 Å². The number of Topliss-reactive ketones (excluding diaryl/α,β-unsaturated/α-hetero) is 4. The fraction of sp³-hybridized carbons (Fsp3) is 0.500. The second-order valence-corrected chi connectivity index (χ2v) is 4.95. The molecule has 17 heavy (non-hydrogen) atoms. The molecule has 0 aliphatic rings. The molecule has 0 heterocycles. The van der Waals surface area contributed by atoms with Gasteiger partial charge in [0.1, 0.15) is 0 Å². The van der Waals surface area contributed by atoms with E-state index in [0.717, 1.165) is 21.6 Å². The minimum absolute atomic E-state index is 0. The first-order valence-corrected chi connectivity index (χ1v) is 7.76. The van der Waals surface area contributed by atoms with E-state index in [-0.39, 0.29) is 28.0 Å². The largest absolute Gasteiger partial charge is 2.00 e. The van der Waals surface area contributed by atoms with Gasteiger partial charge in [-0.25, -0.2) is 0 Å². The van der Waals surface area contributed by atoms with Crippen LogP contribution in [0.15, 0.2) is 0 Å². The summed E-state index contributed by atoms with van der Waals surface area (Å²) in [5.41, 5.74) is 0. The Morgan fingerprint density at radius 2 is 1.06 bits per heavy atom. The summed E-state index contributed by atoms with van der Waals surface area (Å²) < 4.78 is 0. The smallest absolute Gasteiger partial charge is 0.719 e. The molecule has 0 amide bonds. The third-order valence-electron chi connectivity index (χ3n) is 1.17. The minimum Gasteiger partial charge on any atom is -0.719 e. The average molecular weight is 357 g/mol. The molecule has 9 heteroatoms. The van der Waals surface area contributed by atoms with Crippen molar-refractivity contribution >= 4 is 68.0 Å². The Hall–Kier alpha value is 0.574. The minimum atomic E-state index is -0.414.